The first-order valence-corrected chi connectivity index (χ1v) is 6.34. The van der Waals surface area contributed by atoms with Gasteiger partial charge < -0.3 is 5.32 Å². The van der Waals surface area contributed by atoms with Crippen molar-refractivity contribution in [1.29, 1.82) is 0 Å². The molecule has 1 fully saturated rings. The van der Waals surface area contributed by atoms with Crippen LogP contribution in [0.5, 0.6) is 0 Å². The van der Waals surface area contributed by atoms with Crippen LogP contribution >= 0.6 is 23.4 Å². The second-order valence-electron chi connectivity index (χ2n) is 3.49. The van der Waals surface area contributed by atoms with Gasteiger partial charge in [0.2, 0.25) is 0 Å². The predicted molar refractivity (Wildman–Crippen MR) is 65.3 cm³/mol. The van der Waals surface area contributed by atoms with E-state index in [-0.39, 0.29) is 5.69 Å². The molecule has 1 aromatic heterocycles. The SMILES string of the molecule is O=[N+]([O-])c1cnc(NC2CCSC2)c(Cl)c1. The van der Waals surface area contributed by atoms with Crippen LogP contribution < -0.4 is 5.32 Å². The van der Waals surface area contributed by atoms with Crippen molar-refractivity contribution in [3.63, 3.8) is 0 Å². The van der Waals surface area contributed by atoms with Gasteiger partial charge >= 0.3 is 0 Å². The number of hydrogen-bond acceptors (Lipinski definition) is 5. The number of nitrogens with one attached hydrogen (secondary N) is 1. The minimum absolute atomic E-state index is 0.0867. The van der Waals surface area contributed by atoms with Gasteiger partial charge in [0.15, 0.2) is 0 Å². The maximum atomic E-state index is 10.5. The molecule has 5 nitrogen and oxygen atoms in total. The Bertz CT molecular complexity index is 410. The average molecular weight is 260 g/mol. The van der Waals surface area contributed by atoms with Crippen LogP contribution in [0.3, 0.4) is 0 Å². The summed E-state index contributed by atoms with van der Waals surface area (Å²) >= 11 is 7.79. The van der Waals surface area contributed by atoms with Crippen molar-refractivity contribution in [2.75, 3.05) is 16.8 Å². The molecule has 2 heterocycles. The Kier molecular flexibility index (Phi) is 3.50. The number of aromatic nitrogens is 1. The molecule has 2 rings (SSSR count). The van der Waals surface area contributed by atoms with Crippen molar-refractivity contribution in [3.05, 3.63) is 27.4 Å². The highest BCUT2D eigenvalue weighted by Gasteiger charge is 2.18. The molecule has 86 valence electrons. The van der Waals surface area contributed by atoms with E-state index in [4.69, 9.17) is 11.6 Å². The van der Waals surface area contributed by atoms with Crippen molar-refractivity contribution >= 4 is 34.9 Å². The molecule has 0 spiro atoms. The Balaban J connectivity index is 2.12. The van der Waals surface area contributed by atoms with E-state index >= 15 is 0 Å². The van der Waals surface area contributed by atoms with Crippen LogP contribution in [0.4, 0.5) is 11.5 Å². The minimum atomic E-state index is -0.506. The van der Waals surface area contributed by atoms with Gasteiger partial charge in [-0.25, -0.2) is 4.98 Å². The van der Waals surface area contributed by atoms with E-state index in [0.29, 0.717) is 16.9 Å². The molecule has 0 aliphatic carbocycles. The normalized spacial score (nSPS) is 19.7. The number of nitro groups is 1. The molecule has 1 atom stereocenters. The standard InChI is InChI=1S/C9H10ClN3O2S/c10-8-3-7(13(14)15)4-11-9(8)12-6-1-2-16-5-6/h3-4,6H,1-2,5H2,(H,11,12). The monoisotopic (exact) mass is 259 g/mol. The Labute approximate surface area is 102 Å². The lowest BCUT2D eigenvalue weighted by molar-refractivity contribution is -0.385. The van der Waals surface area contributed by atoms with Crippen LogP contribution in [0, 0.1) is 10.1 Å². The van der Waals surface area contributed by atoms with Crippen LogP contribution in [0.1, 0.15) is 6.42 Å². The summed E-state index contributed by atoms with van der Waals surface area (Å²) in [4.78, 5) is 14.0. The zero-order valence-corrected chi connectivity index (χ0v) is 9.92. The van der Waals surface area contributed by atoms with Crippen LogP contribution in [-0.4, -0.2) is 27.5 Å². The average Bonchev–Trinajstić information content (AvgIpc) is 2.73. The molecule has 0 bridgehead atoms. The molecule has 1 saturated heterocycles. The summed E-state index contributed by atoms with van der Waals surface area (Å²) in [6.45, 7) is 0. The summed E-state index contributed by atoms with van der Waals surface area (Å²) in [6.07, 6.45) is 2.29. The number of rotatable bonds is 3. The smallest absolute Gasteiger partial charge is 0.289 e. The number of nitrogens with zero attached hydrogens (tertiary/aromatic N) is 2. The number of halogens is 1. The Morgan fingerprint density at radius 3 is 3.06 bits per heavy atom. The van der Waals surface area contributed by atoms with Crippen molar-refractivity contribution < 1.29 is 4.92 Å². The lowest BCUT2D eigenvalue weighted by Gasteiger charge is -2.12. The first kappa shape index (κ1) is 11.5. The van der Waals surface area contributed by atoms with E-state index < -0.39 is 4.92 Å². The Morgan fingerprint density at radius 2 is 2.50 bits per heavy atom. The third kappa shape index (κ3) is 2.56. The van der Waals surface area contributed by atoms with Gasteiger partial charge in [-0.05, 0) is 12.2 Å². The quantitative estimate of drug-likeness (QED) is 0.667. The van der Waals surface area contributed by atoms with Gasteiger partial charge in [-0.2, -0.15) is 11.8 Å². The number of pyridine rings is 1. The summed E-state index contributed by atoms with van der Waals surface area (Å²) in [6, 6.07) is 1.68. The summed E-state index contributed by atoms with van der Waals surface area (Å²) < 4.78 is 0. The molecule has 0 radical (unpaired) electrons. The third-order valence-electron chi connectivity index (χ3n) is 2.31. The lowest BCUT2D eigenvalue weighted by Crippen LogP contribution is -2.19. The van der Waals surface area contributed by atoms with Gasteiger partial charge in [-0.3, -0.25) is 10.1 Å². The van der Waals surface area contributed by atoms with E-state index in [1.54, 1.807) is 0 Å². The third-order valence-corrected chi connectivity index (χ3v) is 3.76. The summed E-state index contributed by atoms with van der Waals surface area (Å²) in [5.41, 5.74) is -0.0867. The number of anilines is 1. The van der Waals surface area contributed by atoms with E-state index in [9.17, 15) is 10.1 Å². The molecule has 1 aliphatic heterocycles. The first-order valence-electron chi connectivity index (χ1n) is 4.81. The molecule has 1 unspecified atom stereocenters. The van der Waals surface area contributed by atoms with E-state index in [1.807, 2.05) is 11.8 Å². The van der Waals surface area contributed by atoms with Gasteiger partial charge in [0.05, 0.1) is 9.95 Å². The van der Waals surface area contributed by atoms with Gasteiger partial charge in [0.1, 0.15) is 12.0 Å². The highest BCUT2D eigenvalue weighted by Crippen LogP contribution is 2.27. The van der Waals surface area contributed by atoms with Crippen LogP contribution in [0.15, 0.2) is 12.3 Å². The maximum absolute atomic E-state index is 10.5. The van der Waals surface area contributed by atoms with Gasteiger partial charge in [0, 0.05) is 17.9 Å². The zero-order valence-electron chi connectivity index (χ0n) is 8.35. The number of hydrogen-bond donors (Lipinski definition) is 1. The van der Waals surface area contributed by atoms with Crippen molar-refractivity contribution in [1.82, 2.24) is 4.98 Å². The molecular weight excluding hydrogens is 250 g/mol. The molecule has 1 N–H and O–H groups in total. The summed E-state index contributed by atoms with van der Waals surface area (Å²) in [5, 5.41) is 14.0. The van der Waals surface area contributed by atoms with Crippen molar-refractivity contribution in [2.45, 2.75) is 12.5 Å². The number of thioether (sulfide) groups is 1. The topological polar surface area (TPSA) is 68.1 Å². The molecule has 7 heteroatoms. The first-order chi connectivity index (χ1) is 7.66. The predicted octanol–water partition coefficient (Wildman–Crippen LogP) is 2.56. The molecule has 1 aliphatic rings. The van der Waals surface area contributed by atoms with Crippen molar-refractivity contribution in [2.24, 2.45) is 0 Å². The van der Waals surface area contributed by atoms with Crippen molar-refractivity contribution in [3.8, 4) is 0 Å². The zero-order chi connectivity index (χ0) is 11.5. The second-order valence-corrected chi connectivity index (χ2v) is 5.04. The Morgan fingerprint density at radius 1 is 1.69 bits per heavy atom. The highest BCUT2D eigenvalue weighted by atomic mass is 35.5. The summed E-state index contributed by atoms with van der Waals surface area (Å²) in [7, 11) is 0. The van der Waals surface area contributed by atoms with E-state index in [2.05, 4.69) is 10.3 Å². The van der Waals surface area contributed by atoms with Crippen LogP contribution in [0.25, 0.3) is 0 Å². The van der Waals surface area contributed by atoms with Crippen LogP contribution in [0.2, 0.25) is 5.02 Å². The van der Waals surface area contributed by atoms with E-state index in [0.717, 1.165) is 17.9 Å². The molecular formula is C9H10ClN3O2S. The van der Waals surface area contributed by atoms with Gasteiger partial charge in [0.25, 0.3) is 5.69 Å². The largest absolute Gasteiger partial charge is 0.365 e. The molecule has 0 amide bonds. The van der Waals surface area contributed by atoms with E-state index in [1.165, 1.54) is 12.3 Å². The fraction of sp³-hybridized carbons (Fsp3) is 0.444. The fourth-order valence-corrected chi connectivity index (χ4v) is 2.84. The second kappa shape index (κ2) is 4.88. The van der Waals surface area contributed by atoms with Crippen LogP contribution in [-0.2, 0) is 0 Å². The highest BCUT2D eigenvalue weighted by molar-refractivity contribution is 7.99. The maximum Gasteiger partial charge on any atom is 0.289 e. The van der Waals surface area contributed by atoms with Gasteiger partial charge in [-0.15, -0.1) is 0 Å². The minimum Gasteiger partial charge on any atom is -0.365 e. The fourth-order valence-electron chi connectivity index (χ4n) is 1.48. The molecule has 16 heavy (non-hydrogen) atoms. The molecule has 0 aromatic carbocycles. The molecule has 0 saturated carbocycles. The van der Waals surface area contributed by atoms with Gasteiger partial charge in [-0.1, -0.05) is 11.6 Å². The summed E-state index contributed by atoms with van der Waals surface area (Å²) in [5.74, 6) is 2.68. The lowest BCUT2D eigenvalue weighted by atomic mass is 10.2. The Hall–Kier alpha value is -1.01. The molecule has 1 aromatic rings.